The summed E-state index contributed by atoms with van der Waals surface area (Å²) in [6.07, 6.45) is 2.60. The van der Waals surface area contributed by atoms with E-state index in [4.69, 9.17) is 4.74 Å². The summed E-state index contributed by atoms with van der Waals surface area (Å²) in [6, 6.07) is 6.14. The van der Waals surface area contributed by atoms with Gasteiger partial charge in [0.05, 0.1) is 24.9 Å². The molecule has 0 unspecified atom stereocenters. The molecule has 4 rings (SSSR count). The lowest BCUT2D eigenvalue weighted by Gasteiger charge is -2.07. The second-order valence-electron chi connectivity index (χ2n) is 5.68. The van der Waals surface area contributed by atoms with Gasteiger partial charge in [0.1, 0.15) is 10.6 Å². The monoisotopic (exact) mass is 312 g/mol. The quantitative estimate of drug-likeness (QED) is 0.730. The number of aromatic nitrogens is 2. The molecule has 0 saturated heterocycles. The van der Waals surface area contributed by atoms with Crippen LogP contribution in [-0.2, 0) is 13.0 Å². The van der Waals surface area contributed by atoms with E-state index < -0.39 is 0 Å². The third-order valence-electron chi connectivity index (χ3n) is 4.26. The van der Waals surface area contributed by atoms with Crippen LogP contribution in [0.1, 0.15) is 21.6 Å². The van der Waals surface area contributed by atoms with Gasteiger partial charge in [-0.05, 0) is 36.6 Å². The molecule has 0 radical (unpaired) electrons. The van der Waals surface area contributed by atoms with Gasteiger partial charge < -0.3 is 4.74 Å². The van der Waals surface area contributed by atoms with Crippen molar-refractivity contribution in [3.8, 4) is 5.75 Å². The number of hydrogen-bond acceptors (Lipinski definition) is 4. The van der Waals surface area contributed by atoms with Crippen LogP contribution >= 0.6 is 11.3 Å². The maximum absolute atomic E-state index is 12.7. The highest BCUT2D eigenvalue weighted by atomic mass is 32.1. The van der Waals surface area contributed by atoms with Crippen LogP contribution < -0.4 is 10.3 Å². The van der Waals surface area contributed by atoms with Crippen LogP contribution in [0, 0.1) is 13.8 Å². The van der Waals surface area contributed by atoms with Gasteiger partial charge in [0.2, 0.25) is 0 Å². The molecule has 0 N–H and O–H groups in total. The molecule has 0 saturated carbocycles. The molecule has 0 atom stereocenters. The topological polar surface area (TPSA) is 44.1 Å². The largest absolute Gasteiger partial charge is 0.493 e. The Kier molecular flexibility index (Phi) is 3.04. The standard InChI is InChI=1S/C17H16N2O2S/c1-10-11(2)22-16-15(10)17(20)19(9-18-16)8-12-3-4-14-13(7-12)5-6-21-14/h3-4,7,9H,5-6,8H2,1-2H3. The molecule has 112 valence electrons. The van der Waals surface area contributed by atoms with E-state index in [0.717, 1.165) is 45.0 Å². The van der Waals surface area contributed by atoms with Crippen molar-refractivity contribution in [3.05, 3.63) is 56.4 Å². The van der Waals surface area contributed by atoms with Gasteiger partial charge in [-0.15, -0.1) is 11.3 Å². The van der Waals surface area contributed by atoms with E-state index in [9.17, 15) is 4.79 Å². The molecule has 4 nitrogen and oxygen atoms in total. The molecule has 5 heteroatoms. The molecule has 0 fully saturated rings. The zero-order valence-electron chi connectivity index (χ0n) is 12.5. The third-order valence-corrected chi connectivity index (χ3v) is 5.38. The van der Waals surface area contributed by atoms with Gasteiger partial charge in [-0.25, -0.2) is 4.98 Å². The number of aryl methyl sites for hydroxylation is 2. The molecule has 2 aromatic heterocycles. The Hall–Kier alpha value is -2.14. The predicted molar refractivity (Wildman–Crippen MR) is 88.1 cm³/mol. The second-order valence-corrected chi connectivity index (χ2v) is 6.88. The lowest BCUT2D eigenvalue weighted by Crippen LogP contribution is -2.21. The van der Waals surface area contributed by atoms with E-state index in [1.807, 2.05) is 26.0 Å². The van der Waals surface area contributed by atoms with Crippen LogP contribution in [0.4, 0.5) is 0 Å². The van der Waals surface area contributed by atoms with E-state index in [-0.39, 0.29) is 5.56 Å². The van der Waals surface area contributed by atoms with Crippen molar-refractivity contribution in [1.29, 1.82) is 0 Å². The van der Waals surface area contributed by atoms with Crippen molar-refractivity contribution < 1.29 is 4.74 Å². The van der Waals surface area contributed by atoms with E-state index in [1.165, 1.54) is 5.56 Å². The number of thiophene rings is 1. The van der Waals surface area contributed by atoms with Crippen LogP contribution in [0.25, 0.3) is 10.2 Å². The van der Waals surface area contributed by atoms with E-state index in [2.05, 4.69) is 11.1 Å². The number of hydrogen-bond donors (Lipinski definition) is 0. The Labute approximate surface area is 132 Å². The van der Waals surface area contributed by atoms with Crippen LogP contribution in [0.3, 0.4) is 0 Å². The van der Waals surface area contributed by atoms with Crippen molar-refractivity contribution in [3.63, 3.8) is 0 Å². The van der Waals surface area contributed by atoms with Crippen molar-refractivity contribution in [1.82, 2.24) is 9.55 Å². The van der Waals surface area contributed by atoms with Crippen molar-refractivity contribution in [2.75, 3.05) is 6.61 Å². The molecule has 22 heavy (non-hydrogen) atoms. The molecule has 3 heterocycles. The predicted octanol–water partition coefficient (Wildman–Crippen LogP) is 3.06. The Morgan fingerprint density at radius 3 is 3.09 bits per heavy atom. The zero-order valence-corrected chi connectivity index (χ0v) is 13.4. The number of nitrogens with zero attached hydrogens (tertiary/aromatic N) is 2. The lowest BCUT2D eigenvalue weighted by atomic mass is 10.1. The summed E-state index contributed by atoms with van der Waals surface area (Å²) in [4.78, 5) is 19.1. The summed E-state index contributed by atoms with van der Waals surface area (Å²) in [5.41, 5.74) is 3.43. The summed E-state index contributed by atoms with van der Waals surface area (Å²) >= 11 is 1.58. The summed E-state index contributed by atoms with van der Waals surface area (Å²) in [7, 11) is 0. The van der Waals surface area contributed by atoms with Crippen LogP contribution in [-0.4, -0.2) is 16.2 Å². The van der Waals surface area contributed by atoms with Crippen LogP contribution in [0.2, 0.25) is 0 Å². The first-order chi connectivity index (χ1) is 10.6. The molecule has 0 bridgehead atoms. The summed E-state index contributed by atoms with van der Waals surface area (Å²) in [6.45, 7) is 5.32. The first-order valence-electron chi connectivity index (χ1n) is 7.33. The fourth-order valence-electron chi connectivity index (χ4n) is 2.92. The molecule has 0 spiro atoms. The Balaban J connectivity index is 1.77. The van der Waals surface area contributed by atoms with Crippen LogP contribution in [0.15, 0.2) is 29.3 Å². The highest BCUT2D eigenvalue weighted by Gasteiger charge is 2.14. The SMILES string of the molecule is Cc1sc2ncn(Cc3ccc4c(c3)CCO4)c(=O)c2c1C. The number of rotatable bonds is 2. The average molecular weight is 312 g/mol. The zero-order chi connectivity index (χ0) is 15.3. The summed E-state index contributed by atoms with van der Waals surface area (Å²) < 4.78 is 7.22. The molecule has 1 aliphatic heterocycles. The highest BCUT2D eigenvalue weighted by molar-refractivity contribution is 7.18. The Morgan fingerprint density at radius 1 is 1.36 bits per heavy atom. The molecule has 0 amide bonds. The molecule has 1 aliphatic rings. The molecule has 0 aliphatic carbocycles. The number of fused-ring (bicyclic) bond motifs is 2. The van der Waals surface area contributed by atoms with Crippen LogP contribution in [0.5, 0.6) is 5.75 Å². The van der Waals surface area contributed by atoms with Gasteiger partial charge in [0.25, 0.3) is 5.56 Å². The van der Waals surface area contributed by atoms with E-state index in [1.54, 1.807) is 22.2 Å². The van der Waals surface area contributed by atoms with Gasteiger partial charge in [0.15, 0.2) is 0 Å². The Bertz CT molecular complexity index is 940. The minimum absolute atomic E-state index is 0.0450. The van der Waals surface area contributed by atoms with Crippen molar-refractivity contribution in [2.24, 2.45) is 0 Å². The van der Waals surface area contributed by atoms with E-state index in [0.29, 0.717) is 6.54 Å². The maximum Gasteiger partial charge on any atom is 0.262 e. The van der Waals surface area contributed by atoms with Gasteiger partial charge in [0, 0.05) is 11.3 Å². The number of ether oxygens (including phenoxy) is 1. The van der Waals surface area contributed by atoms with Gasteiger partial charge >= 0.3 is 0 Å². The first-order valence-corrected chi connectivity index (χ1v) is 8.15. The molecule has 3 aromatic rings. The van der Waals surface area contributed by atoms with Gasteiger partial charge in [-0.2, -0.15) is 0 Å². The molecular formula is C17H16N2O2S. The molecule has 1 aromatic carbocycles. The Morgan fingerprint density at radius 2 is 2.23 bits per heavy atom. The normalized spacial score (nSPS) is 13.4. The minimum Gasteiger partial charge on any atom is -0.493 e. The minimum atomic E-state index is 0.0450. The van der Waals surface area contributed by atoms with Crippen molar-refractivity contribution in [2.45, 2.75) is 26.8 Å². The first kappa shape index (κ1) is 13.5. The van der Waals surface area contributed by atoms with E-state index >= 15 is 0 Å². The van der Waals surface area contributed by atoms with Gasteiger partial charge in [-0.3, -0.25) is 9.36 Å². The van der Waals surface area contributed by atoms with Crippen molar-refractivity contribution >= 4 is 21.6 Å². The maximum atomic E-state index is 12.7. The summed E-state index contributed by atoms with van der Waals surface area (Å²) in [5.74, 6) is 0.967. The lowest BCUT2D eigenvalue weighted by molar-refractivity contribution is 0.357. The summed E-state index contributed by atoms with van der Waals surface area (Å²) in [5, 5.41) is 0.759. The van der Waals surface area contributed by atoms with Gasteiger partial charge in [-0.1, -0.05) is 12.1 Å². The fourth-order valence-corrected chi connectivity index (χ4v) is 3.91. The highest BCUT2D eigenvalue weighted by Crippen LogP contribution is 2.27. The average Bonchev–Trinajstić information content (AvgIpc) is 3.07. The number of benzene rings is 1. The molecular weight excluding hydrogens is 296 g/mol. The fraction of sp³-hybridized carbons (Fsp3) is 0.294. The second kappa shape index (κ2) is 4.95. The smallest absolute Gasteiger partial charge is 0.262 e. The third kappa shape index (κ3) is 2.04.